The van der Waals surface area contributed by atoms with Crippen molar-refractivity contribution in [3.8, 4) is 0 Å². The number of rotatable bonds is 6. The third-order valence-corrected chi connectivity index (χ3v) is 5.18. The van der Waals surface area contributed by atoms with Gasteiger partial charge in [0.1, 0.15) is 0 Å². The van der Waals surface area contributed by atoms with Gasteiger partial charge in [-0.3, -0.25) is 4.90 Å². The molecule has 1 aliphatic heterocycles. The largest absolute Gasteiger partial charge is 0.314 e. The lowest BCUT2D eigenvalue weighted by atomic mass is 9.84. The highest BCUT2D eigenvalue weighted by Crippen LogP contribution is 2.26. The second-order valence-corrected chi connectivity index (χ2v) is 7.21. The molecule has 1 aliphatic rings. The molecule has 102 valence electrons. The van der Waals surface area contributed by atoms with E-state index < -0.39 is 0 Å². The molecule has 2 unspecified atom stereocenters. The summed E-state index contributed by atoms with van der Waals surface area (Å²) in [6, 6.07) is 1.33. The van der Waals surface area contributed by atoms with Crippen LogP contribution in [0.2, 0.25) is 0 Å². The van der Waals surface area contributed by atoms with E-state index >= 15 is 0 Å². The van der Waals surface area contributed by atoms with Crippen molar-refractivity contribution in [1.82, 2.24) is 10.2 Å². The Morgan fingerprint density at radius 2 is 2.18 bits per heavy atom. The molecule has 0 radical (unpaired) electrons. The van der Waals surface area contributed by atoms with Crippen LogP contribution in [0.15, 0.2) is 0 Å². The van der Waals surface area contributed by atoms with E-state index in [2.05, 4.69) is 56.6 Å². The quantitative estimate of drug-likeness (QED) is 0.789. The van der Waals surface area contributed by atoms with E-state index in [1.807, 2.05) is 0 Å². The van der Waals surface area contributed by atoms with Gasteiger partial charge in [-0.25, -0.2) is 0 Å². The zero-order valence-corrected chi connectivity index (χ0v) is 13.1. The van der Waals surface area contributed by atoms with Crippen LogP contribution >= 0.6 is 11.8 Å². The molecular weight excluding hydrogens is 228 g/mol. The first-order chi connectivity index (χ1) is 7.97. The lowest BCUT2D eigenvalue weighted by Gasteiger charge is -2.41. The normalized spacial score (nSPS) is 24.9. The molecule has 3 heteroatoms. The van der Waals surface area contributed by atoms with Crippen molar-refractivity contribution in [2.45, 2.75) is 53.1 Å². The van der Waals surface area contributed by atoms with Crippen molar-refractivity contribution in [1.29, 1.82) is 0 Å². The summed E-state index contributed by atoms with van der Waals surface area (Å²) < 4.78 is 0. The molecule has 1 heterocycles. The van der Waals surface area contributed by atoms with Crippen molar-refractivity contribution in [3.05, 3.63) is 0 Å². The summed E-state index contributed by atoms with van der Waals surface area (Å²) in [4.78, 5) is 2.67. The zero-order valence-electron chi connectivity index (χ0n) is 12.3. The fourth-order valence-corrected chi connectivity index (χ4v) is 3.38. The molecule has 1 N–H and O–H groups in total. The van der Waals surface area contributed by atoms with Gasteiger partial charge in [0.15, 0.2) is 0 Å². The van der Waals surface area contributed by atoms with Gasteiger partial charge in [0.25, 0.3) is 0 Å². The summed E-state index contributed by atoms with van der Waals surface area (Å²) in [5, 5.41) is 3.65. The number of thioether (sulfide) groups is 1. The van der Waals surface area contributed by atoms with Crippen molar-refractivity contribution >= 4 is 11.8 Å². The van der Waals surface area contributed by atoms with Gasteiger partial charge >= 0.3 is 0 Å². The van der Waals surface area contributed by atoms with Gasteiger partial charge < -0.3 is 5.32 Å². The third kappa shape index (κ3) is 4.80. The van der Waals surface area contributed by atoms with Gasteiger partial charge in [-0.1, -0.05) is 20.8 Å². The van der Waals surface area contributed by atoms with Crippen LogP contribution in [-0.2, 0) is 0 Å². The average Bonchev–Trinajstić information content (AvgIpc) is 2.28. The van der Waals surface area contributed by atoms with Crippen LogP contribution in [0.3, 0.4) is 0 Å². The van der Waals surface area contributed by atoms with E-state index in [1.54, 1.807) is 0 Å². The Morgan fingerprint density at radius 1 is 1.47 bits per heavy atom. The summed E-state index contributed by atoms with van der Waals surface area (Å²) in [7, 11) is 0. The predicted octanol–water partition coefficient (Wildman–Crippen LogP) is 2.84. The third-order valence-electron chi connectivity index (χ3n) is 3.99. The van der Waals surface area contributed by atoms with Gasteiger partial charge in [0.2, 0.25) is 0 Å². The van der Waals surface area contributed by atoms with Gasteiger partial charge in [0, 0.05) is 36.7 Å². The Kier molecular flexibility index (Phi) is 6.32. The molecule has 2 nitrogen and oxygen atoms in total. The highest BCUT2D eigenvalue weighted by molar-refractivity contribution is 7.99. The van der Waals surface area contributed by atoms with Gasteiger partial charge in [-0.05, 0) is 32.2 Å². The molecule has 1 rings (SSSR count). The minimum absolute atomic E-state index is 0.353. The van der Waals surface area contributed by atoms with E-state index in [9.17, 15) is 0 Å². The summed E-state index contributed by atoms with van der Waals surface area (Å²) in [6.07, 6.45) is 1.22. The first-order valence-corrected chi connectivity index (χ1v) is 8.18. The summed E-state index contributed by atoms with van der Waals surface area (Å²) in [5.74, 6) is 2.60. The molecule has 0 amide bonds. The number of nitrogens with one attached hydrogen (secondary N) is 1. The Hall–Kier alpha value is 0.270. The molecule has 0 bridgehead atoms. The standard InChI is InChI=1S/C14H30N2S/c1-6-7-15-13(3)14(4,5)11-16-8-9-17-10-12(16)2/h12-13,15H,6-11H2,1-5H3. The minimum atomic E-state index is 0.353. The van der Waals surface area contributed by atoms with Crippen LogP contribution < -0.4 is 5.32 Å². The van der Waals surface area contributed by atoms with E-state index in [0.717, 1.165) is 12.6 Å². The zero-order chi connectivity index (χ0) is 12.9. The van der Waals surface area contributed by atoms with Gasteiger partial charge in [0.05, 0.1) is 0 Å². The second kappa shape index (κ2) is 7.01. The highest BCUT2D eigenvalue weighted by Gasteiger charge is 2.30. The SMILES string of the molecule is CCCNC(C)C(C)(C)CN1CCSCC1C. The maximum absolute atomic E-state index is 3.65. The molecular formula is C14H30N2S. The van der Waals surface area contributed by atoms with Gasteiger partial charge in [-0.2, -0.15) is 11.8 Å². The van der Waals surface area contributed by atoms with Crippen LogP contribution in [0, 0.1) is 5.41 Å². The maximum Gasteiger partial charge on any atom is 0.0158 e. The molecule has 2 atom stereocenters. The predicted molar refractivity (Wildman–Crippen MR) is 79.9 cm³/mol. The Morgan fingerprint density at radius 3 is 2.76 bits per heavy atom. The molecule has 0 aromatic heterocycles. The van der Waals surface area contributed by atoms with E-state index in [0.29, 0.717) is 11.5 Å². The molecule has 0 aliphatic carbocycles. The van der Waals surface area contributed by atoms with Crippen LogP contribution in [0.25, 0.3) is 0 Å². The maximum atomic E-state index is 3.65. The average molecular weight is 258 g/mol. The Balaban J connectivity index is 2.45. The topological polar surface area (TPSA) is 15.3 Å². The fraction of sp³-hybridized carbons (Fsp3) is 1.00. The summed E-state index contributed by atoms with van der Waals surface area (Å²) in [5.41, 5.74) is 0.353. The summed E-state index contributed by atoms with van der Waals surface area (Å²) >= 11 is 2.10. The number of hydrogen-bond donors (Lipinski definition) is 1. The van der Waals surface area contributed by atoms with Crippen LogP contribution in [0.5, 0.6) is 0 Å². The first-order valence-electron chi connectivity index (χ1n) is 7.02. The van der Waals surface area contributed by atoms with Crippen molar-refractivity contribution in [3.63, 3.8) is 0 Å². The number of hydrogen-bond acceptors (Lipinski definition) is 3. The lowest BCUT2D eigenvalue weighted by molar-refractivity contribution is 0.122. The first kappa shape index (κ1) is 15.3. The summed E-state index contributed by atoms with van der Waals surface area (Å²) in [6.45, 7) is 15.3. The van der Waals surface area contributed by atoms with E-state index in [-0.39, 0.29) is 0 Å². The molecule has 1 fully saturated rings. The van der Waals surface area contributed by atoms with Crippen LogP contribution in [-0.4, -0.2) is 48.1 Å². The molecule has 0 saturated carbocycles. The second-order valence-electron chi connectivity index (χ2n) is 6.06. The molecule has 1 saturated heterocycles. The molecule has 17 heavy (non-hydrogen) atoms. The smallest absolute Gasteiger partial charge is 0.0158 e. The van der Waals surface area contributed by atoms with Crippen LogP contribution in [0.1, 0.15) is 41.0 Å². The highest BCUT2D eigenvalue weighted by atomic mass is 32.2. The Bertz CT molecular complexity index is 218. The van der Waals surface area contributed by atoms with Gasteiger partial charge in [-0.15, -0.1) is 0 Å². The van der Waals surface area contributed by atoms with Crippen molar-refractivity contribution in [2.75, 3.05) is 31.1 Å². The van der Waals surface area contributed by atoms with Crippen LogP contribution in [0.4, 0.5) is 0 Å². The van der Waals surface area contributed by atoms with Crippen molar-refractivity contribution in [2.24, 2.45) is 5.41 Å². The fourth-order valence-electron chi connectivity index (χ4n) is 2.29. The molecule has 0 aromatic carbocycles. The minimum Gasteiger partial charge on any atom is -0.314 e. The van der Waals surface area contributed by atoms with E-state index in [1.165, 1.54) is 31.0 Å². The number of nitrogens with zero attached hydrogens (tertiary/aromatic N) is 1. The molecule has 0 aromatic rings. The van der Waals surface area contributed by atoms with E-state index in [4.69, 9.17) is 0 Å². The monoisotopic (exact) mass is 258 g/mol. The Labute approximate surface area is 112 Å². The van der Waals surface area contributed by atoms with Crippen molar-refractivity contribution < 1.29 is 0 Å². The lowest BCUT2D eigenvalue weighted by Crippen LogP contribution is -2.51. The molecule has 0 spiro atoms.